The molecule has 1 fully saturated rings. The fourth-order valence-electron chi connectivity index (χ4n) is 4.05. The Hall–Kier alpha value is -4.51. The number of methoxy groups -OCH3 is 1. The van der Waals surface area contributed by atoms with Gasteiger partial charge in [0.25, 0.3) is 0 Å². The van der Waals surface area contributed by atoms with Gasteiger partial charge in [0.15, 0.2) is 11.5 Å². The van der Waals surface area contributed by atoms with Gasteiger partial charge >= 0.3 is 0 Å². The molecule has 3 aromatic rings. The van der Waals surface area contributed by atoms with Crippen molar-refractivity contribution in [1.29, 1.82) is 0 Å². The Morgan fingerprint density at radius 2 is 2.00 bits per heavy atom. The number of aromatic hydroxyl groups is 1. The Bertz CT molecular complexity index is 1570. The van der Waals surface area contributed by atoms with E-state index in [1.54, 1.807) is 30.6 Å². The van der Waals surface area contributed by atoms with E-state index in [1.807, 2.05) is 11.8 Å². The summed E-state index contributed by atoms with van der Waals surface area (Å²) in [6.45, 7) is 2.73. The molecule has 2 aliphatic rings. The number of allylic oxidation sites excluding steroid dienone is 4. The quantitative estimate of drug-likeness (QED) is 0.434. The highest BCUT2D eigenvalue weighted by atomic mass is 32.2. The molecule has 3 aromatic heterocycles. The van der Waals surface area contributed by atoms with Gasteiger partial charge in [0.1, 0.15) is 6.33 Å². The second-order valence-corrected chi connectivity index (χ2v) is 10.3. The van der Waals surface area contributed by atoms with Crippen molar-refractivity contribution in [3.63, 3.8) is 0 Å². The van der Waals surface area contributed by atoms with E-state index in [0.29, 0.717) is 30.9 Å². The molecule has 0 spiro atoms. The number of rotatable bonds is 7. The summed E-state index contributed by atoms with van der Waals surface area (Å²) in [5.41, 5.74) is 7.07. The number of aromatic nitrogens is 7. The minimum atomic E-state index is -3.97. The van der Waals surface area contributed by atoms with Crippen LogP contribution >= 0.6 is 0 Å². The van der Waals surface area contributed by atoms with Gasteiger partial charge in [-0.15, -0.1) is 10.2 Å². The van der Waals surface area contributed by atoms with Gasteiger partial charge in [-0.3, -0.25) is 4.72 Å². The topological polar surface area (TPSA) is 161 Å². The molecule has 13 nitrogen and oxygen atoms in total. The van der Waals surface area contributed by atoms with Crippen LogP contribution in [0.4, 0.5) is 11.9 Å². The van der Waals surface area contributed by atoms with Crippen molar-refractivity contribution < 1.29 is 18.3 Å². The number of nitrogens with zero attached hydrogens (tertiary/aromatic N) is 8. The summed E-state index contributed by atoms with van der Waals surface area (Å²) >= 11 is 0. The first-order chi connectivity index (χ1) is 17.9. The lowest BCUT2D eigenvalue weighted by Gasteiger charge is -2.32. The van der Waals surface area contributed by atoms with Gasteiger partial charge in [-0.1, -0.05) is 17.5 Å². The lowest BCUT2D eigenvalue weighted by atomic mass is 10.1. The van der Waals surface area contributed by atoms with Gasteiger partial charge < -0.3 is 14.7 Å². The fourth-order valence-corrected chi connectivity index (χ4v) is 5.46. The number of hydrogen-bond donors (Lipinski definition) is 2. The van der Waals surface area contributed by atoms with Crippen molar-refractivity contribution in [2.75, 3.05) is 29.8 Å². The lowest BCUT2D eigenvalue weighted by Crippen LogP contribution is -2.45. The van der Waals surface area contributed by atoms with E-state index in [1.165, 1.54) is 11.7 Å². The van der Waals surface area contributed by atoms with Crippen LogP contribution in [0.2, 0.25) is 0 Å². The Morgan fingerprint density at radius 1 is 1.19 bits per heavy atom. The summed E-state index contributed by atoms with van der Waals surface area (Å²) in [6.07, 6.45) is 10.7. The standard InChI is InChI=1S/C23H23N9O4S/c1-15-11-24-22(25-12-15)31-10-6-9-17(13-31)37(34,35)30-23-29-28-19(16-7-4-3-5-8-16)32(23)18-20(33)26-14-27-21(18)36-2/h3-4,7,11-12,14,17H,6,9-10,13H2,1-2H3,(H,29,30)(H,26,27,33)/t17-/m0/s1. The van der Waals surface area contributed by atoms with Crippen LogP contribution in [-0.2, 0) is 10.0 Å². The molecule has 4 heterocycles. The van der Waals surface area contributed by atoms with Crippen LogP contribution in [0.15, 0.2) is 48.4 Å². The first kappa shape index (κ1) is 24.2. The van der Waals surface area contributed by atoms with E-state index in [2.05, 4.69) is 46.3 Å². The smallest absolute Gasteiger partial charge is 0.245 e. The van der Waals surface area contributed by atoms with E-state index in [0.717, 1.165) is 11.9 Å². The zero-order chi connectivity index (χ0) is 26.0. The summed E-state index contributed by atoms with van der Waals surface area (Å²) in [5, 5.41) is 18.1. The maximum absolute atomic E-state index is 13.6. The van der Waals surface area contributed by atoms with Crippen molar-refractivity contribution in [3.05, 3.63) is 59.8 Å². The fraction of sp³-hybridized carbons (Fsp3) is 0.304. The van der Waals surface area contributed by atoms with E-state index in [4.69, 9.17) is 4.74 Å². The lowest BCUT2D eigenvalue weighted by molar-refractivity contribution is 0.382. The van der Waals surface area contributed by atoms with Crippen LogP contribution in [0.5, 0.6) is 11.8 Å². The monoisotopic (exact) mass is 521 g/mol. The average Bonchev–Trinajstić information content (AvgIpc) is 3.31. The number of ether oxygens (including phenoxy) is 1. The van der Waals surface area contributed by atoms with Gasteiger partial charge in [0.2, 0.25) is 33.7 Å². The van der Waals surface area contributed by atoms with Crippen LogP contribution < -0.4 is 14.4 Å². The predicted molar refractivity (Wildman–Crippen MR) is 134 cm³/mol. The van der Waals surface area contributed by atoms with Crippen molar-refractivity contribution >= 4 is 27.5 Å². The van der Waals surface area contributed by atoms with Gasteiger partial charge in [-0.25, -0.2) is 23.0 Å². The Labute approximate surface area is 212 Å². The molecule has 0 unspecified atom stereocenters. The van der Waals surface area contributed by atoms with Crippen LogP contribution in [-0.4, -0.2) is 73.7 Å². The first-order valence-electron chi connectivity index (χ1n) is 11.3. The summed E-state index contributed by atoms with van der Waals surface area (Å²) in [7, 11) is -2.60. The number of sulfonamides is 1. The van der Waals surface area contributed by atoms with Gasteiger partial charge in [0.05, 0.1) is 17.9 Å². The molecule has 37 heavy (non-hydrogen) atoms. The molecular formula is C23H23N9O4S. The van der Waals surface area contributed by atoms with E-state index in [9.17, 15) is 13.5 Å². The molecule has 5 rings (SSSR count). The second-order valence-electron chi connectivity index (χ2n) is 8.36. The van der Waals surface area contributed by atoms with Crippen molar-refractivity contribution in [3.8, 4) is 17.4 Å². The van der Waals surface area contributed by atoms with Crippen LogP contribution in [0.1, 0.15) is 24.2 Å². The molecule has 0 saturated carbocycles. The molecule has 0 aromatic carbocycles. The van der Waals surface area contributed by atoms with Crippen molar-refractivity contribution in [2.24, 2.45) is 0 Å². The highest BCUT2D eigenvalue weighted by Crippen LogP contribution is 2.34. The van der Waals surface area contributed by atoms with Crippen molar-refractivity contribution in [1.82, 2.24) is 34.7 Å². The molecule has 0 radical (unpaired) electrons. The first-order valence-corrected chi connectivity index (χ1v) is 12.9. The Kier molecular flexibility index (Phi) is 6.45. The van der Waals surface area contributed by atoms with Crippen molar-refractivity contribution in [2.45, 2.75) is 25.0 Å². The number of hydrogen-bond acceptors (Lipinski definition) is 11. The Morgan fingerprint density at radius 3 is 2.73 bits per heavy atom. The van der Waals surface area contributed by atoms with Crippen LogP contribution in [0.25, 0.3) is 11.3 Å². The minimum absolute atomic E-state index is 0.00531. The maximum atomic E-state index is 13.6. The summed E-state index contributed by atoms with van der Waals surface area (Å²) in [6, 6.07) is 0. The Balaban J connectivity index is 1.53. The molecule has 1 atom stereocenters. The normalized spacial score (nSPS) is 17.1. The maximum Gasteiger partial charge on any atom is 0.245 e. The van der Waals surface area contributed by atoms with E-state index >= 15 is 0 Å². The number of nitrogens with one attached hydrogen (secondary N) is 1. The molecule has 1 aliphatic heterocycles. The van der Waals surface area contributed by atoms with Crippen LogP contribution in [0.3, 0.4) is 0 Å². The molecule has 190 valence electrons. The third-order valence-corrected chi connectivity index (χ3v) is 7.57. The zero-order valence-electron chi connectivity index (χ0n) is 20.0. The van der Waals surface area contributed by atoms with Gasteiger partial charge in [-0.2, -0.15) is 9.97 Å². The SMILES string of the molecule is COc1ncnc(O)c1-n1c(NS(=O)(=O)[C@H]2CCCN(c3ncc(C)cn3)C2)nnc1C1=C=C=CC=C1. The average molecular weight is 522 g/mol. The molecule has 1 aliphatic carbocycles. The van der Waals surface area contributed by atoms with Gasteiger partial charge in [0, 0.05) is 25.5 Å². The van der Waals surface area contributed by atoms with E-state index < -0.39 is 21.2 Å². The summed E-state index contributed by atoms with van der Waals surface area (Å²) in [4.78, 5) is 18.4. The largest absolute Gasteiger partial charge is 0.492 e. The number of piperidine rings is 1. The zero-order valence-corrected chi connectivity index (χ0v) is 20.8. The molecule has 0 amide bonds. The molecule has 14 heteroatoms. The predicted octanol–water partition coefficient (Wildman–Crippen LogP) is 1.54. The van der Waals surface area contributed by atoms with Gasteiger partial charge in [-0.05, 0) is 37.5 Å². The number of aryl methyl sites for hydroxylation is 1. The number of anilines is 2. The summed E-state index contributed by atoms with van der Waals surface area (Å²) in [5.74, 6) is 0.0291. The molecule has 1 saturated heterocycles. The highest BCUT2D eigenvalue weighted by Gasteiger charge is 2.34. The second kappa shape index (κ2) is 9.86. The molecule has 2 N–H and O–H groups in total. The third-order valence-electron chi connectivity index (χ3n) is 5.84. The minimum Gasteiger partial charge on any atom is -0.492 e. The third kappa shape index (κ3) is 4.81. The van der Waals surface area contributed by atoms with E-state index in [-0.39, 0.29) is 29.9 Å². The van der Waals surface area contributed by atoms with Crippen LogP contribution in [0, 0.1) is 6.92 Å². The highest BCUT2D eigenvalue weighted by molar-refractivity contribution is 7.93. The molecule has 0 bridgehead atoms. The molecular weight excluding hydrogens is 498 g/mol. The summed E-state index contributed by atoms with van der Waals surface area (Å²) < 4.78 is 36.3.